The van der Waals surface area contributed by atoms with E-state index in [0.29, 0.717) is 11.4 Å². The van der Waals surface area contributed by atoms with Crippen LogP contribution in [0.1, 0.15) is 17.0 Å². The number of carbonyl (C=O) groups is 1. The van der Waals surface area contributed by atoms with E-state index in [1.807, 2.05) is 48.7 Å². The number of anilines is 1. The number of pyridine rings is 1. The number of hydrogen-bond acceptors (Lipinski definition) is 6. The quantitative estimate of drug-likeness (QED) is 0.120. The maximum absolute atomic E-state index is 12.7. The minimum atomic E-state index is -0.523. The molecule has 4 aromatic rings. The van der Waals surface area contributed by atoms with Gasteiger partial charge in [-0.25, -0.2) is 4.98 Å². The minimum Gasteiger partial charge on any atom is -0.439 e. The number of nitrogens with zero attached hydrogens (tertiary/aromatic N) is 4. The highest BCUT2D eigenvalue weighted by Crippen LogP contribution is 2.27. The lowest BCUT2D eigenvalue weighted by molar-refractivity contribution is -0.385. The largest absolute Gasteiger partial charge is 0.439 e. The van der Waals surface area contributed by atoms with Gasteiger partial charge in [0.2, 0.25) is 5.88 Å². The van der Waals surface area contributed by atoms with Gasteiger partial charge >= 0.3 is 0 Å². The second kappa shape index (κ2) is 10.9. The molecule has 10 heteroatoms. The number of rotatable bonds is 7. The summed E-state index contributed by atoms with van der Waals surface area (Å²) in [5, 5.41) is 23.2. The molecule has 0 aliphatic heterocycles. The SMILES string of the molecule is Cc1cc(/C=C(\C#N)C(=O)Nc2ccccc2Br)c(C)n1-c1ccc(Oc2ccc([N+](=O)[O-])cn2)cc1. The van der Waals surface area contributed by atoms with Crippen LogP contribution in [0.4, 0.5) is 11.4 Å². The number of nitrogens with one attached hydrogen (secondary N) is 1. The fraction of sp³-hybridized carbons (Fsp3) is 0.0741. The molecule has 2 aromatic heterocycles. The van der Waals surface area contributed by atoms with Gasteiger partial charge in [-0.15, -0.1) is 0 Å². The normalized spacial score (nSPS) is 11.0. The first kappa shape index (κ1) is 25.3. The van der Waals surface area contributed by atoms with Crippen molar-refractivity contribution in [1.82, 2.24) is 9.55 Å². The van der Waals surface area contributed by atoms with Crippen LogP contribution in [-0.2, 0) is 4.79 Å². The van der Waals surface area contributed by atoms with E-state index in [1.54, 1.807) is 36.4 Å². The van der Waals surface area contributed by atoms with E-state index in [9.17, 15) is 20.2 Å². The maximum Gasteiger partial charge on any atom is 0.287 e. The average molecular weight is 558 g/mol. The van der Waals surface area contributed by atoms with Gasteiger partial charge in [0.1, 0.15) is 23.6 Å². The third kappa shape index (κ3) is 5.74. The number of aromatic nitrogens is 2. The van der Waals surface area contributed by atoms with Crippen LogP contribution < -0.4 is 10.1 Å². The molecule has 0 unspecified atom stereocenters. The van der Waals surface area contributed by atoms with Crippen molar-refractivity contribution in [3.05, 3.63) is 110 Å². The van der Waals surface area contributed by atoms with Gasteiger partial charge in [0.05, 0.1) is 10.6 Å². The number of carbonyl (C=O) groups excluding carboxylic acids is 1. The van der Waals surface area contributed by atoms with Gasteiger partial charge in [-0.05, 0) is 83.9 Å². The van der Waals surface area contributed by atoms with Gasteiger partial charge in [0, 0.05) is 33.7 Å². The van der Waals surface area contributed by atoms with Crippen LogP contribution in [0.3, 0.4) is 0 Å². The van der Waals surface area contributed by atoms with E-state index in [1.165, 1.54) is 12.1 Å². The number of nitro groups is 1. The molecule has 9 nitrogen and oxygen atoms in total. The van der Waals surface area contributed by atoms with Gasteiger partial charge in [-0.1, -0.05) is 12.1 Å². The van der Waals surface area contributed by atoms with Crippen LogP contribution in [0.15, 0.2) is 83.0 Å². The Bertz CT molecular complexity index is 1550. The average Bonchev–Trinajstić information content (AvgIpc) is 3.17. The lowest BCUT2D eigenvalue weighted by Crippen LogP contribution is -2.13. The van der Waals surface area contributed by atoms with Crippen molar-refractivity contribution >= 4 is 39.3 Å². The van der Waals surface area contributed by atoms with Gasteiger partial charge in [-0.2, -0.15) is 5.26 Å². The third-order valence-corrected chi connectivity index (χ3v) is 6.20. The lowest BCUT2D eigenvalue weighted by Gasteiger charge is -2.11. The van der Waals surface area contributed by atoms with Crippen LogP contribution in [0.5, 0.6) is 11.6 Å². The summed E-state index contributed by atoms with van der Waals surface area (Å²) < 4.78 is 8.40. The summed E-state index contributed by atoms with van der Waals surface area (Å²) in [7, 11) is 0. The number of ether oxygens (including phenoxy) is 1. The minimum absolute atomic E-state index is 0.0182. The Morgan fingerprint density at radius 1 is 1.16 bits per heavy atom. The van der Waals surface area contributed by atoms with Crippen LogP contribution in [0.25, 0.3) is 11.8 Å². The highest BCUT2D eigenvalue weighted by Gasteiger charge is 2.15. The van der Waals surface area contributed by atoms with Gasteiger partial charge < -0.3 is 14.6 Å². The third-order valence-electron chi connectivity index (χ3n) is 5.51. The number of aryl methyl sites for hydroxylation is 1. The number of halogens is 1. The first-order valence-corrected chi connectivity index (χ1v) is 11.8. The van der Waals surface area contributed by atoms with Crippen LogP contribution in [-0.4, -0.2) is 20.4 Å². The zero-order valence-electron chi connectivity index (χ0n) is 19.8. The lowest BCUT2D eigenvalue weighted by atomic mass is 10.1. The Morgan fingerprint density at radius 3 is 2.51 bits per heavy atom. The summed E-state index contributed by atoms with van der Waals surface area (Å²) in [5.41, 5.74) is 3.81. The number of para-hydroxylation sites is 1. The van der Waals surface area contributed by atoms with Crippen LogP contribution in [0, 0.1) is 35.3 Å². The Balaban J connectivity index is 1.54. The molecule has 1 N–H and O–H groups in total. The van der Waals surface area contributed by atoms with E-state index in [4.69, 9.17) is 4.74 Å². The smallest absolute Gasteiger partial charge is 0.287 e. The van der Waals surface area contributed by atoms with E-state index < -0.39 is 10.8 Å². The first-order valence-electron chi connectivity index (χ1n) is 11.0. The molecule has 37 heavy (non-hydrogen) atoms. The van der Waals surface area contributed by atoms with Crippen molar-refractivity contribution in [2.45, 2.75) is 13.8 Å². The van der Waals surface area contributed by atoms with Gasteiger partial charge in [0.25, 0.3) is 11.6 Å². The summed E-state index contributed by atoms with van der Waals surface area (Å²) >= 11 is 3.39. The van der Waals surface area contributed by atoms with Crippen molar-refractivity contribution in [3.63, 3.8) is 0 Å². The molecule has 4 rings (SSSR count). The van der Waals surface area contributed by atoms with Crippen molar-refractivity contribution in [2.75, 3.05) is 5.32 Å². The first-order chi connectivity index (χ1) is 17.8. The molecule has 0 spiro atoms. The second-order valence-corrected chi connectivity index (χ2v) is 8.83. The molecule has 0 saturated heterocycles. The molecule has 0 radical (unpaired) electrons. The predicted octanol–water partition coefficient (Wildman–Crippen LogP) is 6.50. The molecule has 184 valence electrons. The molecular weight excluding hydrogens is 538 g/mol. The number of hydrogen-bond donors (Lipinski definition) is 1. The maximum atomic E-state index is 12.7. The fourth-order valence-electron chi connectivity index (χ4n) is 3.71. The molecule has 0 atom stereocenters. The van der Waals surface area contributed by atoms with Crippen LogP contribution >= 0.6 is 15.9 Å². The summed E-state index contributed by atoms with van der Waals surface area (Å²) in [5.74, 6) is 0.257. The van der Waals surface area contributed by atoms with E-state index >= 15 is 0 Å². The van der Waals surface area contributed by atoms with E-state index in [-0.39, 0.29) is 17.1 Å². The molecule has 0 aliphatic rings. The highest BCUT2D eigenvalue weighted by molar-refractivity contribution is 9.10. The molecule has 2 aromatic carbocycles. The Kier molecular flexibility index (Phi) is 7.46. The van der Waals surface area contributed by atoms with Gasteiger partial charge in [-0.3, -0.25) is 14.9 Å². The summed E-state index contributed by atoms with van der Waals surface area (Å²) in [6.45, 7) is 3.84. The fourth-order valence-corrected chi connectivity index (χ4v) is 4.10. The molecule has 0 fully saturated rings. The molecule has 0 aliphatic carbocycles. The zero-order valence-corrected chi connectivity index (χ0v) is 21.4. The second-order valence-electron chi connectivity index (χ2n) is 7.97. The molecule has 0 saturated carbocycles. The van der Waals surface area contributed by atoms with Crippen LogP contribution in [0.2, 0.25) is 0 Å². The number of benzene rings is 2. The standard InChI is InChI=1S/C27H20BrN5O4/c1-17-13-19(14-20(15-29)27(34)31-25-6-4-3-5-24(25)28)18(2)32(17)21-7-10-23(11-8-21)37-26-12-9-22(16-30-26)33(35)36/h3-14,16H,1-2H3,(H,31,34)/b20-14+. The van der Waals surface area contributed by atoms with E-state index in [0.717, 1.165) is 33.3 Å². The molecule has 0 bridgehead atoms. The predicted molar refractivity (Wildman–Crippen MR) is 143 cm³/mol. The van der Waals surface area contributed by atoms with E-state index in [2.05, 4.69) is 26.2 Å². The van der Waals surface area contributed by atoms with Crippen molar-refractivity contribution in [2.24, 2.45) is 0 Å². The van der Waals surface area contributed by atoms with Crippen molar-refractivity contribution < 1.29 is 14.5 Å². The van der Waals surface area contributed by atoms with Gasteiger partial charge in [0.15, 0.2) is 0 Å². The number of nitriles is 1. The van der Waals surface area contributed by atoms with Crippen molar-refractivity contribution in [3.8, 4) is 23.4 Å². The summed E-state index contributed by atoms with van der Waals surface area (Å²) in [6.07, 6.45) is 2.71. The summed E-state index contributed by atoms with van der Waals surface area (Å²) in [4.78, 5) is 26.9. The zero-order chi connectivity index (χ0) is 26.5. The molecular formula is C27H20BrN5O4. The topological polar surface area (TPSA) is 123 Å². The molecule has 1 amide bonds. The molecule has 2 heterocycles. The van der Waals surface area contributed by atoms with Crippen molar-refractivity contribution in [1.29, 1.82) is 5.26 Å². The Hall–Kier alpha value is -4.75. The number of amides is 1. The Morgan fingerprint density at radius 2 is 1.89 bits per heavy atom. The highest BCUT2D eigenvalue weighted by atomic mass is 79.9. The Labute approximate surface area is 220 Å². The summed E-state index contributed by atoms with van der Waals surface area (Å²) in [6, 6.07) is 21.1. The monoisotopic (exact) mass is 557 g/mol.